The minimum Gasteiger partial charge on any atom is -0.469 e. The van der Waals surface area contributed by atoms with Crippen LogP contribution in [-0.4, -0.2) is 41.9 Å². The molecule has 1 aliphatic rings. The van der Waals surface area contributed by atoms with E-state index in [4.69, 9.17) is 0 Å². The minimum absolute atomic E-state index is 0.145. The number of carbonyl (C=O) groups is 2. The van der Waals surface area contributed by atoms with Crippen LogP contribution in [0.2, 0.25) is 0 Å². The third kappa shape index (κ3) is 4.24. The SMILES string of the molecule is COC(=O)C(C)CSCC(=O)N1CCc2ccccc2C1. The molecular weight excluding hydrogens is 286 g/mol. The van der Waals surface area contributed by atoms with Crippen molar-refractivity contribution in [3.63, 3.8) is 0 Å². The molecule has 1 aromatic carbocycles. The smallest absolute Gasteiger partial charge is 0.309 e. The van der Waals surface area contributed by atoms with Crippen molar-refractivity contribution in [1.29, 1.82) is 0 Å². The molecule has 0 N–H and O–H groups in total. The van der Waals surface area contributed by atoms with Gasteiger partial charge in [-0.15, -0.1) is 0 Å². The van der Waals surface area contributed by atoms with Gasteiger partial charge < -0.3 is 9.64 Å². The van der Waals surface area contributed by atoms with Crippen LogP contribution in [0.3, 0.4) is 0 Å². The van der Waals surface area contributed by atoms with Gasteiger partial charge in [-0.25, -0.2) is 0 Å². The molecule has 0 aromatic heterocycles. The minimum atomic E-state index is -0.221. The predicted octanol–water partition coefficient (Wildman–Crippen LogP) is 2.11. The molecule has 4 nitrogen and oxygen atoms in total. The van der Waals surface area contributed by atoms with Gasteiger partial charge in [0.25, 0.3) is 0 Å². The van der Waals surface area contributed by atoms with Crippen molar-refractivity contribution < 1.29 is 14.3 Å². The zero-order valence-corrected chi connectivity index (χ0v) is 13.3. The lowest BCUT2D eigenvalue weighted by Crippen LogP contribution is -2.37. The molecule has 0 saturated heterocycles. The molecule has 1 aliphatic heterocycles. The summed E-state index contributed by atoms with van der Waals surface area (Å²) in [6.07, 6.45) is 0.922. The number of thioether (sulfide) groups is 1. The Morgan fingerprint density at radius 3 is 2.76 bits per heavy atom. The van der Waals surface area contributed by atoms with E-state index < -0.39 is 0 Å². The van der Waals surface area contributed by atoms with Crippen LogP contribution in [0.25, 0.3) is 0 Å². The molecule has 1 heterocycles. The van der Waals surface area contributed by atoms with Gasteiger partial charge in [-0.3, -0.25) is 9.59 Å². The molecule has 114 valence electrons. The van der Waals surface area contributed by atoms with Gasteiger partial charge >= 0.3 is 5.97 Å². The Morgan fingerprint density at radius 1 is 1.33 bits per heavy atom. The number of methoxy groups -OCH3 is 1. The van der Waals surface area contributed by atoms with E-state index in [1.165, 1.54) is 30.0 Å². The summed E-state index contributed by atoms with van der Waals surface area (Å²) in [6.45, 7) is 3.30. The van der Waals surface area contributed by atoms with Crippen LogP contribution in [0.5, 0.6) is 0 Å². The number of carbonyl (C=O) groups excluding carboxylic acids is 2. The standard InChI is InChI=1S/C16H21NO3S/c1-12(16(19)20-2)10-21-11-15(18)17-8-7-13-5-3-4-6-14(13)9-17/h3-6,12H,7-11H2,1-2H3. The Balaban J connectivity index is 1.79. The van der Waals surface area contributed by atoms with Crippen molar-refractivity contribution in [3.05, 3.63) is 35.4 Å². The van der Waals surface area contributed by atoms with Crippen LogP contribution in [0.15, 0.2) is 24.3 Å². The Kier molecular flexibility index (Phi) is 5.67. The molecule has 21 heavy (non-hydrogen) atoms. The topological polar surface area (TPSA) is 46.6 Å². The second kappa shape index (κ2) is 7.50. The van der Waals surface area contributed by atoms with Crippen LogP contribution in [0, 0.1) is 5.92 Å². The molecule has 5 heteroatoms. The van der Waals surface area contributed by atoms with E-state index in [2.05, 4.69) is 16.9 Å². The van der Waals surface area contributed by atoms with E-state index in [1.54, 1.807) is 0 Å². The molecule has 0 bridgehead atoms. The largest absolute Gasteiger partial charge is 0.469 e. The number of benzene rings is 1. The number of hydrogen-bond acceptors (Lipinski definition) is 4. The fourth-order valence-electron chi connectivity index (χ4n) is 2.39. The molecule has 1 atom stereocenters. The van der Waals surface area contributed by atoms with Crippen LogP contribution in [0.4, 0.5) is 0 Å². The van der Waals surface area contributed by atoms with Gasteiger partial charge in [-0.2, -0.15) is 11.8 Å². The predicted molar refractivity (Wildman–Crippen MR) is 84.1 cm³/mol. The van der Waals surface area contributed by atoms with E-state index in [9.17, 15) is 9.59 Å². The maximum atomic E-state index is 12.2. The summed E-state index contributed by atoms with van der Waals surface area (Å²) < 4.78 is 4.68. The molecule has 0 aliphatic carbocycles. The van der Waals surface area contributed by atoms with Crippen LogP contribution >= 0.6 is 11.8 Å². The normalized spacial score (nSPS) is 15.2. The molecular formula is C16H21NO3S. The fourth-order valence-corrected chi connectivity index (χ4v) is 3.36. The second-order valence-corrected chi connectivity index (χ2v) is 6.30. The monoisotopic (exact) mass is 307 g/mol. The number of ether oxygens (including phenoxy) is 1. The first-order valence-corrected chi connectivity index (χ1v) is 8.27. The Hall–Kier alpha value is -1.49. The summed E-state index contributed by atoms with van der Waals surface area (Å²) in [6, 6.07) is 8.27. The molecule has 1 aromatic rings. The van der Waals surface area contributed by atoms with Gasteiger partial charge in [0.1, 0.15) is 0 Å². The number of fused-ring (bicyclic) bond motifs is 1. The van der Waals surface area contributed by atoms with Gasteiger partial charge in [0.15, 0.2) is 0 Å². The first-order chi connectivity index (χ1) is 10.1. The van der Waals surface area contributed by atoms with E-state index in [1.807, 2.05) is 24.0 Å². The molecule has 2 rings (SSSR count). The molecule has 0 radical (unpaired) electrons. The highest BCUT2D eigenvalue weighted by Gasteiger charge is 2.21. The van der Waals surface area contributed by atoms with Crippen molar-refractivity contribution in [3.8, 4) is 0 Å². The van der Waals surface area contributed by atoms with Gasteiger partial charge in [-0.1, -0.05) is 31.2 Å². The van der Waals surface area contributed by atoms with E-state index in [-0.39, 0.29) is 17.8 Å². The van der Waals surface area contributed by atoms with Crippen LogP contribution in [-0.2, 0) is 27.3 Å². The lowest BCUT2D eigenvalue weighted by atomic mass is 10.00. The van der Waals surface area contributed by atoms with E-state index in [0.29, 0.717) is 18.1 Å². The summed E-state index contributed by atoms with van der Waals surface area (Å²) in [4.78, 5) is 25.4. The summed E-state index contributed by atoms with van der Waals surface area (Å²) in [5.74, 6) is 0.787. The van der Waals surface area contributed by atoms with Gasteiger partial charge in [-0.05, 0) is 17.5 Å². The van der Waals surface area contributed by atoms with Crippen molar-refractivity contribution in [2.75, 3.05) is 25.2 Å². The first-order valence-electron chi connectivity index (χ1n) is 7.12. The van der Waals surface area contributed by atoms with Crippen molar-refractivity contribution in [1.82, 2.24) is 4.90 Å². The van der Waals surface area contributed by atoms with Crippen LogP contribution in [0.1, 0.15) is 18.1 Å². The summed E-state index contributed by atoms with van der Waals surface area (Å²) >= 11 is 1.50. The van der Waals surface area contributed by atoms with Gasteiger partial charge in [0, 0.05) is 18.8 Å². The Morgan fingerprint density at radius 2 is 2.05 bits per heavy atom. The van der Waals surface area contributed by atoms with Gasteiger partial charge in [0.2, 0.25) is 5.91 Å². The number of hydrogen-bond donors (Lipinski definition) is 0. The molecule has 1 unspecified atom stereocenters. The second-order valence-electron chi connectivity index (χ2n) is 5.27. The maximum Gasteiger partial charge on any atom is 0.309 e. The number of nitrogens with zero attached hydrogens (tertiary/aromatic N) is 1. The maximum absolute atomic E-state index is 12.2. The Labute approximate surface area is 129 Å². The molecule has 1 amide bonds. The van der Waals surface area contributed by atoms with Gasteiger partial charge in [0.05, 0.1) is 18.8 Å². The molecule has 0 spiro atoms. The quantitative estimate of drug-likeness (QED) is 0.782. The van der Waals surface area contributed by atoms with Crippen LogP contribution < -0.4 is 0 Å². The highest BCUT2D eigenvalue weighted by Crippen LogP contribution is 2.19. The average molecular weight is 307 g/mol. The lowest BCUT2D eigenvalue weighted by Gasteiger charge is -2.28. The summed E-state index contributed by atoms with van der Waals surface area (Å²) in [7, 11) is 1.39. The third-order valence-corrected chi connectivity index (χ3v) is 4.87. The van der Waals surface area contributed by atoms with E-state index >= 15 is 0 Å². The van der Waals surface area contributed by atoms with Crippen molar-refractivity contribution >= 4 is 23.6 Å². The molecule has 0 saturated carbocycles. The molecule has 0 fully saturated rings. The number of amides is 1. The van der Waals surface area contributed by atoms with E-state index in [0.717, 1.165) is 13.0 Å². The number of esters is 1. The lowest BCUT2D eigenvalue weighted by molar-refractivity contribution is -0.144. The van der Waals surface area contributed by atoms with Crippen molar-refractivity contribution in [2.45, 2.75) is 19.9 Å². The average Bonchev–Trinajstić information content (AvgIpc) is 2.53. The van der Waals surface area contributed by atoms with Crippen molar-refractivity contribution in [2.24, 2.45) is 5.92 Å². The zero-order valence-electron chi connectivity index (χ0n) is 12.5. The zero-order chi connectivity index (χ0) is 15.2. The fraction of sp³-hybridized carbons (Fsp3) is 0.500. The highest BCUT2D eigenvalue weighted by atomic mass is 32.2. The third-order valence-electron chi connectivity index (χ3n) is 3.68. The Bertz CT molecular complexity index is 518. The number of rotatable bonds is 5. The summed E-state index contributed by atoms with van der Waals surface area (Å²) in [5, 5.41) is 0. The summed E-state index contributed by atoms with van der Waals surface area (Å²) in [5.41, 5.74) is 2.58. The highest BCUT2D eigenvalue weighted by molar-refractivity contribution is 7.99. The first kappa shape index (κ1) is 15.9.